The summed E-state index contributed by atoms with van der Waals surface area (Å²) in [5, 5.41) is 0.0745. The van der Waals surface area contributed by atoms with Gasteiger partial charge in [0.25, 0.3) is 0 Å². The topological polar surface area (TPSA) is 26.3 Å². The molecule has 23 heavy (non-hydrogen) atoms. The van der Waals surface area contributed by atoms with Crippen LogP contribution in [0, 0.1) is 0 Å². The summed E-state index contributed by atoms with van der Waals surface area (Å²) in [6.07, 6.45) is 17.1. The molecule has 0 fully saturated rings. The number of rotatable bonds is 15. The van der Waals surface area contributed by atoms with Gasteiger partial charge >= 0.3 is 5.97 Å². The molecule has 0 heterocycles. The number of methoxy groups -OCH3 is 1. The van der Waals surface area contributed by atoms with Gasteiger partial charge in [-0.15, -0.1) is 23.2 Å². The molecule has 0 aliphatic rings. The van der Waals surface area contributed by atoms with Gasteiger partial charge in [0.2, 0.25) is 0 Å². The van der Waals surface area contributed by atoms with Crippen LogP contribution in [0.2, 0.25) is 0 Å². The fourth-order valence-corrected chi connectivity index (χ4v) is 2.91. The molecule has 0 rings (SSSR count). The van der Waals surface area contributed by atoms with E-state index in [-0.39, 0.29) is 16.7 Å². The number of hydrogen-bond acceptors (Lipinski definition) is 2. The van der Waals surface area contributed by atoms with Crippen LogP contribution in [-0.2, 0) is 9.53 Å². The second-order valence-corrected chi connectivity index (χ2v) is 7.24. The fraction of sp³-hybridized carbons (Fsp3) is 0.842. The summed E-state index contributed by atoms with van der Waals surface area (Å²) in [6, 6.07) is 0. The zero-order valence-electron chi connectivity index (χ0n) is 14.9. The maximum absolute atomic E-state index is 11.0. The van der Waals surface area contributed by atoms with Crippen molar-refractivity contribution in [1.29, 1.82) is 0 Å². The van der Waals surface area contributed by atoms with Crippen LogP contribution in [0.1, 0.15) is 84.0 Å². The highest BCUT2D eigenvalue weighted by atomic mass is 35.5. The van der Waals surface area contributed by atoms with Crippen LogP contribution in [0.5, 0.6) is 0 Å². The number of carbonyl (C=O) groups excluding carboxylic acids is 1. The molecule has 2 unspecified atom stereocenters. The molecule has 4 heteroatoms. The Balaban J connectivity index is 3.50. The maximum atomic E-state index is 11.0. The molecule has 0 radical (unpaired) electrons. The van der Waals surface area contributed by atoms with Crippen molar-refractivity contribution in [2.24, 2.45) is 0 Å². The van der Waals surface area contributed by atoms with Gasteiger partial charge in [-0.2, -0.15) is 0 Å². The van der Waals surface area contributed by atoms with E-state index in [2.05, 4.69) is 23.8 Å². The minimum Gasteiger partial charge on any atom is -0.469 e. The first-order chi connectivity index (χ1) is 11.1. The Morgan fingerprint density at radius 2 is 1.65 bits per heavy atom. The van der Waals surface area contributed by atoms with Crippen LogP contribution in [0.15, 0.2) is 12.2 Å². The van der Waals surface area contributed by atoms with Crippen LogP contribution in [-0.4, -0.2) is 23.8 Å². The van der Waals surface area contributed by atoms with Crippen molar-refractivity contribution < 1.29 is 9.53 Å². The number of ether oxygens (including phenoxy) is 1. The molecule has 0 aliphatic heterocycles. The third kappa shape index (κ3) is 15.1. The van der Waals surface area contributed by atoms with Crippen molar-refractivity contribution in [1.82, 2.24) is 0 Å². The number of allylic oxidation sites excluding steroid dienone is 2. The summed E-state index contributed by atoms with van der Waals surface area (Å²) >= 11 is 12.7. The van der Waals surface area contributed by atoms with Crippen LogP contribution >= 0.6 is 23.2 Å². The van der Waals surface area contributed by atoms with Gasteiger partial charge in [0, 0.05) is 6.42 Å². The molecular weight excluding hydrogens is 331 g/mol. The Morgan fingerprint density at radius 3 is 2.35 bits per heavy atom. The lowest BCUT2D eigenvalue weighted by atomic mass is 10.1. The molecule has 136 valence electrons. The minimum absolute atomic E-state index is 0.0263. The van der Waals surface area contributed by atoms with Crippen LogP contribution < -0.4 is 0 Å². The molecule has 0 aromatic carbocycles. The Hall–Kier alpha value is -0.210. The first-order valence-electron chi connectivity index (χ1n) is 9.11. The molecule has 0 aromatic rings. The van der Waals surface area contributed by atoms with E-state index in [1.54, 1.807) is 0 Å². The van der Waals surface area contributed by atoms with Gasteiger partial charge in [-0.3, -0.25) is 4.79 Å². The zero-order chi connectivity index (χ0) is 17.3. The van der Waals surface area contributed by atoms with Gasteiger partial charge in [0.15, 0.2) is 0 Å². The van der Waals surface area contributed by atoms with Crippen LogP contribution in [0.4, 0.5) is 0 Å². The quantitative estimate of drug-likeness (QED) is 0.141. The summed E-state index contributed by atoms with van der Waals surface area (Å²) in [5.41, 5.74) is 0. The van der Waals surface area contributed by atoms with Gasteiger partial charge in [0.05, 0.1) is 17.9 Å². The molecule has 0 bridgehead atoms. The van der Waals surface area contributed by atoms with Crippen molar-refractivity contribution in [3.63, 3.8) is 0 Å². The summed E-state index contributed by atoms with van der Waals surface area (Å²) in [6.45, 7) is 2.22. The van der Waals surface area contributed by atoms with Gasteiger partial charge < -0.3 is 4.74 Å². The normalized spacial score (nSPS) is 14.1. The molecule has 2 atom stereocenters. The molecular formula is C19H34Cl2O2. The number of hydrogen-bond donors (Lipinski definition) is 0. The summed E-state index contributed by atoms with van der Waals surface area (Å²) in [5.74, 6) is -0.112. The van der Waals surface area contributed by atoms with E-state index in [0.717, 1.165) is 51.4 Å². The minimum atomic E-state index is -0.112. The van der Waals surface area contributed by atoms with E-state index in [9.17, 15) is 4.79 Å². The summed E-state index contributed by atoms with van der Waals surface area (Å²) in [7, 11) is 1.44. The molecule has 0 amide bonds. The molecule has 0 aliphatic carbocycles. The SMILES string of the molecule is CCCCC/C=C/CC(Cl)C(Cl)CCCCCCCC(=O)OC. The van der Waals surface area contributed by atoms with Crippen molar-refractivity contribution in [3.8, 4) is 0 Å². The van der Waals surface area contributed by atoms with E-state index in [4.69, 9.17) is 23.2 Å². The molecule has 0 saturated heterocycles. The number of carbonyl (C=O) groups is 1. The van der Waals surface area contributed by atoms with Crippen LogP contribution in [0.25, 0.3) is 0 Å². The lowest BCUT2D eigenvalue weighted by Crippen LogP contribution is -2.14. The second kappa shape index (κ2) is 16.6. The van der Waals surface area contributed by atoms with Gasteiger partial charge in [0.1, 0.15) is 0 Å². The third-order valence-electron chi connectivity index (χ3n) is 3.98. The number of esters is 1. The Kier molecular flexibility index (Phi) is 16.5. The summed E-state index contributed by atoms with van der Waals surface area (Å²) in [4.78, 5) is 11.0. The largest absolute Gasteiger partial charge is 0.469 e. The molecule has 0 N–H and O–H groups in total. The van der Waals surface area contributed by atoms with Gasteiger partial charge in [-0.25, -0.2) is 0 Å². The summed E-state index contributed by atoms with van der Waals surface area (Å²) < 4.78 is 4.62. The van der Waals surface area contributed by atoms with Crippen molar-refractivity contribution >= 4 is 29.2 Å². The maximum Gasteiger partial charge on any atom is 0.305 e. The molecule has 2 nitrogen and oxygen atoms in total. The number of unbranched alkanes of at least 4 members (excludes halogenated alkanes) is 7. The van der Waals surface area contributed by atoms with Gasteiger partial charge in [-0.05, 0) is 32.1 Å². The number of alkyl halides is 2. The standard InChI is InChI=1S/C19H34Cl2O2/c1-3-4-5-6-8-11-14-17(20)18(21)15-12-9-7-10-13-16-19(22)23-2/h8,11,17-18H,3-7,9-10,12-16H2,1-2H3/b11-8+. The second-order valence-electron chi connectivity index (χ2n) is 6.12. The van der Waals surface area contributed by atoms with E-state index in [1.807, 2.05) is 0 Å². The first kappa shape index (κ1) is 22.8. The van der Waals surface area contributed by atoms with Crippen LogP contribution in [0.3, 0.4) is 0 Å². The lowest BCUT2D eigenvalue weighted by Gasteiger charge is -2.14. The highest BCUT2D eigenvalue weighted by Crippen LogP contribution is 2.21. The zero-order valence-corrected chi connectivity index (χ0v) is 16.4. The average molecular weight is 365 g/mol. The molecule has 0 saturated carbocycles. The van der Waals surface area contributed by atoms with E-state index in [1.165, 1.54) is 26.4 Å². The van der Waals surface area contributed by atoms with Crippen molar-refractivity contribution in [2.75, 3.05) is 7.11 Å². The first-order valence-corrected chi connectivity index (χ1v) is 9.99. The van der Waals surface area contributed by atoms with E-state index >= 15 is 0 Å². The Labute approximate surface area is 153 Å². The smallest absolute Gasteiger partial charge is 0.305 e. The van der Waals surface area contributed by atoms with Gasteiger partial charge in [-0.1, -0.05) is 57.6 Å². The monoisotopic (exact) mass is 364 g/mol. The highest BCUT2D eigenvalue weighted by Gasteiger charge is 2.14. The lowest BCUT2D eigenvalue weighted by molar-refractivity contribution is -0.140. The Bertz CT molecular complexity index is 306. The van der Waals surface area contributed by atoms with E-state index in [0.29, 0.717) is 6.42 Å². The molecule has 0 aromatic heterocycles. The Morgan fingerprint density at radius 1 is 0.957 bits per heavy atom. The average Bonchev–Trinajstić information content (AvgIpc) is 2.56. The number of halogens is 2. The molecule has 0 spiro atoms. The predicted molar refractivity (Wildman–Crippen MR) is 102 cm³/mol. The fourth-order valence-electron chi connectivity index (χ4n) is 2.43. The van der Waals surface area contributed by atoms with E-state index < -0.39 is 0 Å². The third-order valence-corrected chi connectivity index (χ3v) is 5.12. The predicted octanol–water partition coefficient (Wildman–Crippen LogP) is 6.63. The van der Waals surface area contributed by atoms with Crippen molar-refractivity contribution in [2.45, 2.75) is 94.7 Å². The highest BCUT2D eigenvalue weighted by molar-refractivity contribution is 6.30. The van der Waals surface area contributed by atoms with Crippen molar-refractivity contribution in [3.05, 3.63) is 12.2 Å².